The van der Waals surface area contributed by atoms with Crippen molar-refractivity contribution >= 4 is 11.6 Å². The lowest BCUT2D eigenvalue weighted by molar-refractivity contribution is 0.0954. The Labute approximate surface area is 124 Å². The molecule has 2 aromatic carbocycles. The minimum atomic E-state index is -0.264. The predicted octanol–water partition coefficient (Wildman–Crippen LogP) is 3.16. The smallest absolute Gasteiger partial charge is 0.271 e. The number of rotatable bonds is 4. The Bertz CT molecular complexity index is 661. The van der Waals surface area contributed by atoms with Gasteiger partial charge in [-0.15, -0.1) is 0 Å². The normalized spacial score (nSPS) is 11.1. The number of carbonyl (C=O) groups excluding carboxylic acids is 1. The zero-order chi connectivity index (χ0) is 15.2. The van der Waals surface area contributed by atoms with E-state index in [1.807, 2.05) is 38.1 Å². The van der Waals surface area contributed by atoms with Gasteiger partial charge in [-0.1, -0.05) is 35.9 Å². The Hall–Kier alpha value is -2.62. The van der Waals surface area contributed by atoms with Gasteiger partial charge in [-0.2, -0.15) is 5.10 Å². The Morgan fingerprint density at radius 3 is 2.48 bits per heavy atom. The predicted molar refractivity (Wildman–Crippen MR) is 83.9 cm³/mol. The molecule has 0 fully saturated rings. The van der Waals surface area contributed by atoms with Gasteiger partial charge in [0.2, 0.25) is 0 Å². The first-order valence-electron chi connectivity index (χ1n) is 6.66. The molecule has 21 heavy (non-hydrogen) atoms. The highest BCUT2D eigenvalue weighted by Crippen LogP contribution is 2.12. The van der Waals surface area contributed by atoms with Crippen LogP contribution in [0, 0.1) is 6.92 Å². The number of hydrogen-bond donors (Lipinski definition) is 1. The van der Waals surface area contributed by atoms with E-state index in [1.165, 1.54) is 5.56 Å². The van der Waals surface area contributed by atoms with E-state index in [9.17, 15) is 4.79 Å². The summed E-state index contributed by atoms with van der Waals surface area (Å²) < 4.78 is 5.10. The number of ether oxygens (including phenoxy) is 1. The minimum absolute atomic E-state index is 0.264. The van der Waals surface area contributed by atoms with Crippen molar-refractivity contribution in [2.24, 2.45) is 5.10 Å². The van der Waals surface area contributed by atoms with E-state index in [-0.39, 0.29) is 5.91 Å². The average molecular weight is 282 g/mol. The van der Waals surface area contributed by atoms with Gasteiger partial charge in [-0.25, -0.2) is 5.43 Å². The quantitative estimate of drug-likeness (QED) is 0.691. The summed E-state index contributed by atoms with van der Waals surface area (Å²) in [6.07, 6.45) is 0. The molecule has 108 valence electrons. The number of hydrazone groups is 1. The highest BCUT2D eigenvalue weighted by Gasteiger charge is 2.06. The summed E-state index contributed by atoms with van der Waals surface area (Å²) in [5, 5.41) is 4.13. The van der Waals surface area contributed by atoms with Gasteiger partial charge in [0, 0.05) is 5.56 Å². The standard InChI is InChI=1S/C17H18N2O2/c1-12-7-9-14(10-8-12)13(2)18-19-17(20)15-5-4-6-16(11-15)21-3/h4-11H,1-3H3,(H,19,20). The van der Waals surface area contributed by atoms with Crippen molar-refractivity contribution in [2.45, 2.75) is 13.8 Å². The molecule has 0 aliphatic rings. The number of methoxy groups -OCH3 is 1. The monoisotopic (exact) mass is 282 g/mol. The molecule has 1 amide bonds. The van der Waals surface area contributed by atoms with Crippen molar-refractivity contribution < 1.29 is 9.53 Å². The first-order valence-corrected chi connectivity index (χ1v) is 6.66. The number of amides is 1. The Morgan fingerprint density at radius 2 is 1.81 bits per heavy atom. The minimum Gasteiger partial charge on any atom is -0.497 e. The molecule has 0 aliphatic carbocycles. The van der Waals surface area contributed by atoms with Crippen LogP contribution in [0.5, 0.6) is 5.75 Å². The molecule has 0 saturated heterocycles. The Kier molecular flexibility index (Phi) is 4.72. The maximum atomic E-state index is 12.0. The molecule has 0 unspecified atom stereocenters. The van der Waals surface area contributed by atoms with Gasteiger partial charge in [0.05, 0.1) is 12.8 Å². The van der Waals surface area contributed by atoms with Gasteiger partial charge in [-0.3, -0.25) is 4.79 Å². The van der Waals surface area contributed by atoms with Crippen molar-refractivity contribution in [3.05, 3.63) is 65.2 Å². The van der Waals surface area contributed by atoms with Crippen molar-refractivity contribution in [2.75, 3.05) is 7.11 Å². The van der Waals surface area contributed by atoms with E-state index < -0.39 is 0 Å². The van der Waals surface area contributed by atoms with E-state index in [1.54, 1.807) is 31.4 Å². The SMILES string of the molecule is COc1cccc(C(=O)NN=C(C)c2ccc(C)cc2)c1. The Morgan fingerprint density at radius 1 is 1.10 bits per heavy atom. The van der Waals surface area contributed by atoms with E-state index in [0.717, 1.165) is 11.3 Å². The van der Waals surface area contributed by atoms with Crippen LogP contribution in [0.4, 0.5) is 0 Å². The third-order valence-electron chi connectivity index (χ3n) is 3.13. The summed E-state index contributed by atoms with van der Waals surface area (Å²) in [4.78, 5) is 12.0. The molecule has 2 rings (SSSR count). The molecule has 0 bridgehead atoms. The lowest BCUT2D eigenvalue weighted by Gasteiger charge is -2.05. The fraction of sp³-hybridized carbons (Fsp3) is 0.176. The molecule has 4 nitrogen and oxygen atoms in total. The molecule has 1 N–H and O–H groups in total. The summed E-state index contributed by atoms with van der Waals surface area (Å²) >= 11 is 0. The molecular weight excluding hydrogens is 264 g/mol. The van der Waals surface area contributed by atoms with Crippen LogP contribution in [-0.4, -0.2) is 18.7 Å². The number of benzene rings is 2. The van der Waals surface area contributed by atoms with E-state index in [4.69, 9.17) is 4.74 Å². The lowest BCUT2D eigenvalue weighted by Crippen LogP contribution is -2.19. The molecule has 2 aromatic rings. The first kappa shape index (κ1) is 14.8. The molecule has 4 heteroatoms. The van der Waals surface area contributed by atoms with Gasteiger partial charge in [-0.05, 0) is 37.6 Å². The van der Waals surface area contributed by atoms with Gasteiger partial charge in [0.15, 0.2) is 0 Å². The van der Waals surface area contributed by atoms with Crippen LogP contribution in [0.1, 0.15) is 28.4 Å². The second-order valence-electron chi connectivity index (χ2n) is 4.74. The van der Waals surface area contributed by atoms with Crippen LogP contribution in [0.15, 0.2) is 53.6 Å². The second-order valence-corrected chi connectivity index (χ2v) is 4.74. The van der Waals surface area contributed by atoms with Gasteiger partial charge in [0.25, 0.3) is 5.91 Å². The zero-order valence-electron chi connectivity index (χ0n) is 12.4. The highest BCUT2D eigenvalue weighted by molar-refractivity contribution is 6.00. The lowest BCUT2D eigenvalue weighted by atomic mass is 10.1. The van der Waals surface area contributed by atoms with Gasteiger partial charge in [0.1, 0.15) is 5.75 Å². The third-order valence-corrected chi connectivity index (χ3v) is 3.13. The Balaban J connectivity index is 2.08. The number of aryl methyl sites for hydroxylation is 1. The topological polar surface area (TPSA) is 50.7 Å². The maximum absolute atomic E-state index is 12.0. The highest BCUT2D eigenvalue weighted by atomic mass is 16.5. The summed E-state index contributed by atoms with van der Waals surface area (Å²) in [5.41, 5.74) is 5.99. The third kappa shape index (κ3) is 3.92. The van der Waals surface area contributed by atoms with E-state index in [2.05, 4.69) is 10.5 Å². The van der Waals surface area contributed by atoms with Gasteiger partial charge >= 0.3 is 0 Å². The van der Waals surface area contributed by atoms with Crippen LogP contribution in [0.2, 0.25) is 0 Å². The number of nitrogens with zero attached hydrogens (tertiary/aromatic N) is 1. The van der Waals surface area contributed by atoms with Crippen LogP contribution in [0.3, 0.4) is 0 Å². The molecule has 0 spiro atoms. The fourth-order valence-electron chi connectivity index (χ4n) is 1.82. The van der Waals surface area contributed by atoms with Crippen molar-refractivity contribution in [3.63, 3.8) is 0 Å². The molecule has 0 atom stereocenters. The summed E-state index contributed by atoms with van der Waals surface area (Å²) in [5.74, 6) is 0.377. The number of nitrogens with one attached hydrogen (secondary N) is 1. The number of carbonyl (C=O) groups is 1. The molecule has 0 aliphatic heterocycles. The summed E-state index contributed by atoms with van der Waals surface area (Å²) in [6.45, 7) is 3.89. The van der Waals surface area contributed by atoms with Crippen LogP contribution < -0.4 is 10.2 Å². The van der Waals surface area contributed by atoms with Gasteiger partial charge < -0.3 is 4.74 Å². The summed E-state index contributed by atoms with van der Waals surface area (Å²) in [7, 11) is 1.57. The number of hydrogen-bond acceptors (Lipinski definition) is 3. The maximum Gasteiger partial charge on any atom is 0.271 e. The summed E-state index contributed by atoms with van der Waals surface area (Å²) in [6, 6.07) is 14.9. The molecular formula is C17H18N2O2. The van der Waals surface area contributed by atoms with Crippen LogP contribution >= 0.6 is 0 Å². The molecule has 0 saturated carbocycles. The van der Waals surface area contributed by atoms with E-state index in [0.29, 0.717) is 11.3 Å². The zero-order valence-corrected chi connectivity index (χ0v) is 12.4. The first-order chi connectivity index (χ1) is 10.1. The van der Waals surface area contributed by atoms with Crippen molar-refractivity contribution in [3.8, 4) is 5.75 Å². The second kappa shape index (κ2) is 6.70. The average Bonchev–Trinajstić information content (AvgIpc) is 2.53. The van der Waals surface area contributed by atoms with Crippen LogP contribution in [-0.2, 0) is 0 Å². The van der Waals surface area contributed by atoms with Crippen molar-refractivity contribution in [1.82, 2.24) is 5.43 Å². The molecule has 0 heterocycles. The van der Waals surface area contributed by atoms with E-state index >= 15 is 0 Å². The van der Waals surface area contributed by atoms with Crippen molar-refractivity contribution in [1.29, 1.82) is 0 Å². The largest absolute Gasteiger partial charge is 0.497 e. The molecule has 0 aromatic heterocycles. The molecule has 0 radical (unpaired) electrons. The van der Waals surface area contributed by atoms with Crippen LogP contribution in [0.25, 0.3) is 0 Å². The fourth-order valence-corrected chi connectivity index (χ4v) is 1.82.